The summed E-state index contributed by atoms with van der Waals surface area (Å²) in [5, 5.41) is 8.28. The molecule has 0 fully saturated rings. The predicted molar refractivity (Wildman–Crippen MR) is 36.2 cm³/mol. The summed E-state index contributed by atoms with van der Waals surface area (Å²) in [5.41, 5.74) is 3.65. The Morgan fingerprint density at radius 1 is 1.78 bits per heavy atom. The lowest BCUT2D eigenvalue weighted by Crippen LogP contribution is -2.00. The van der Waals surface area contributed by atoms with Gasteiger partial charge in [0.05, 0.1) is 19.8 Å². The van der Waals surface area contributed by atoms with Crippen molar-refractivity contribution < 1.29 is 9.84 Å². The van der Waals surface area contributed by atoms with Gasteiger partial charge < -0.3 is 9.84 Å². The highest BCUT2D eigenvalue weighted by molar-refractivity contribution is 4.93. The molecule has 2 heteroatoms. The van der Waals surface area contributed by atoms with Crippen LogP contribution in [0, 0.1) is 0 Å². The van der Waals surface area contributed by atoms with E-state index in [0.29, 0.717) is 13.2 Å². The van der Waals surface area contributed by atoms with Crippen LogP contribution in [0.25, 0.3) is 0 Å². The van der Waals surface area contributed by atoms with Gasteiger partial charge in [-0.15, -0.1) is 5.73 Å². The van der Waals surface area contributed by atoms with Crippen LogP contribution >= 0.6 is 0 Å². The van der Waals surface area contributed by atoms with Gasteiger partial charge in [0.1, 0.15) is 0 Å². The minimum absolute atomic E-state index is 0.0738. The first-order valence-electron chi connectivity index (χ1n) is 2.85. The van der Waals surface area contributed by atoms with Crippen molar-refractivity contribution >= 4 is 0 Å². The molecule has 0 aliphatic heterocycles. The average Bonchev–Trinajstić information content (AvgIpc) is 1.89. The summed E-state index contributed by atoms with van der Waals surface area (Å²) in [6.45, 7) is 6.29. The van der Waals surface area contributed by atoms with E-state index < -0.39 is 0 Å². The summed E-state index contributed by atoms with van der Waals surface area (Å²) in [5.74, 6) is 0. The third kappa shape index (κ3) is 5.31. The fourth-order valence-electron chi connectivity index (χ4n) is 0.341. The normalized spacial score (nSPS) is 8.67. The third-order valence-electron chi connectivity index (χ3n) is 0.856. The van der Waals surface area contributed by atoms with Crippen molar-refractivity contribution in [3.63, 3.8) is 0 Å². The third-order valence-corrected chi connectivity index (χ3v) is 0.856. The van der Waals surface area contributed by atoms with Gasteiger partial charge in [0.2, 0.25) is 0 Å². The highest BCUT2D eigenvalue weighted by Crippen LogP contribution is 1.87. The van der Waals surface area contributed by atoms with E-state index in [9.17, 15) is 0 Å². The molecule has 0 heterocycles. The Kier molecular flexibility index (Phi) is 5.23. The van der Waals surface area contributed by atoms with Crippen LogP contribution in [0.4, 0.5) is 0 Å². The van der Waals surface area contributed by atoms with E-state index in [0.717, 1.165) is 5.57 Å². The van der Waals surface area contributed by atoms with Crippen LogP contribution < -0.4 is 0 Å². The molecule has 0 aromatic heterocycles. The summed E-state index contributed by atoms with van der Waals surface area (Å²) in [4.78, 5) is 0. The second kappa shape index (κ2) is 5.57. The van der Waals surface area contributed by atoms with Crippen LogP contribution in [0.15, 0.2) is 17.9 Å². The lowest BCUT2D eigenvalue weighted by molar-refractivity contribution is 0.108. The molecule has 9 heavy (non-hydrogen) atoms. The maximum Gasteiger partial charge on any atom is 0.0748 e. The van der Waals surface area contributed by atoms with Gasteiger partial charge in [0.25, 0.3) is 0 Å². The molecule has 0 bridgehead atoms. The van der Waals surface area contributed by atoms with Gasteiger partial charge in [-0.3, -0.25) is 0 Å². The van der Waals surface area contributed by atoms with Crippen molar-refractivity contribution in [3.8, 4) is 0 Å². The number of aliphatic hydroxyl groups is 1. The zero-order valence-electron chi connectivity index (χ0n) is 5.68. The Morgan fingerprint density at radius 3 is 2.89 bits per heavy atom. The summed E-state index contributed by atoms with van der Waals surface area (Å²) in [6.07, 6.45) is 0. The molecule has 52 valence electrons. The smallest absolute Gasteiger partial charge is 0.0748 e. The van der Waals surface area contributed by atoms with Gasteiger partial charge in [-0.05, 0) is 12.5 Å². The fraction of sp³-hybridized carbons (Fsp3) is 0.571. The van der Waals surface area contributed by atoms with Crippen LogP contribution in [0.3, 0.4) is 0 Å². The van der Waals surface area contributed by atoms with Gasteiger partial charge in [-0.25, -0.2) is 0 Å². The molecule has 0 atom stereocenters. The standard InChI is InChI=1S/C7H12O2/c1-3-7(2)6-9-5-4-8/h8H,1,4-6H2,2H3. The predicted octanol–water partition coefficient (Wildman–Crippen LogP) is 0.726. The Labute approximate surface area is 55.5 Å². The number of rotatable bonds is 4. The lowest BCUT2D eigenvalue weighted by Gasteiger charge is -1.97. The van der Waals surface area contributed by atoms with Crippen molar-refractivity contribution in [2.24, 2.45) is 0 Å². The van der Waals surface area contributed by atoms with Crippen molar-refractivity contribution in [2.75, 3.05) is 19.8 Å². The summed E-state index contributed by atoms with van der Waals surface area (Å²) in [6, 6.07) is 0. The van der Waals surface area contributed by atoms with Crippen LogP contribution in [0.5, 0.6) is 0 Å². The first kappa shape index (κ1) is 8.44. The van der Waals surface area contributed by atoms with E-state index in [1.165, 1.54) is 0 Å². The number of aliphatic hydroxyl groups excluding tert-OH is 1. The molecule has 0 rings (SSSR count). The van der Waals surface area contributed by atoms with E-state index in [4.69, 9.17) is 9.84 Å². The quantitative estimate of drug-likeness (QED) is 0.446. The van der Waals surface area contributed by atoms with E-state index in [1.807, 2.05) is 6.92 Å². The van der Waals surface area contributed by atoms with Crippen LogP contribution in [0.2, 0.25) is 0 Å². The Morgan fingerprint density at radius 2 is 2.44 bits per heavy atom. The van der Waals surface area contributed by atoms with Crippen LogP contribution in [-0.4, -0.2) is 24.9 Å². The number of ether oxygens (including phenoxy) is 1. The largest absolute Gasteiger partial charge is 0.394 e. The van der Waals surface area contributed by atoms with Crippen molar-refractivity contribution in [1.82, 2.24) is 0 Å². The second-order valence-electron chi connectivity index (χ2n) is 1.73. The molecule has 0 saturated heterocycles. The van der Waals surface area contributed by atoms with Gasteiger partial charge >= 0.3 is 0 Å². The maximum atomic E-state index is 8.28. The van der Waals surface area contributed by atoms with Gasteiger partial charge in [-0.2, -0.15) is 0 Å². The number of hydrogen-bond acceptors (Lipinski definition) is 2. The van der Waals surface area contributed by atoms with Crippen molar-refractivity contribution in [2.45, 2.75) is 6.92 Å². The molecule has 0 radical (unpaired) electrons. The van der Waals surface area contributed by atoms with E-state index in [1.54, 1.807) is 0 Å². The van der Waals surface area contributed by atoms with E-state index >= 15 is 0 Å². The highest BCUT2D eigenvalue weighted by atomic mass is 16.5. The molecular formula is C7H12O2. The Hall–Kier alpha value is -0.560. The van der Waals surface area contributed by atoms with Crippen LogP contribution in [0.1, 0.15) is 6.92 Å². The Bertz CT molecular complexity index is 112. The molecule has 0 spiro atoms. The monoisotopic (exact) mass is 128 g/mol. The molecule has 0 amide bonds. The summed E-state index contributed by atoms with van der Waals surface area (Å²) >= 11 is 0. The fourth-order valence-corrected chi connectivity index (χ4v) is 0.341. The van der Waals surface area contributed by atoms with Crippen LogP contribution in [-0.2, 0) is 4.74 Å². The minimum Gasteiger partial charge on any atom is -0.394 e. The molecule has 0 aromatic rings. The molecule has 2 nitrogen and oxygen atoms in total. The Balaban J connectivity index is 3.17. The summed E-state index contributed by atoms with van der Waals surface area (Å²) in [7, 11) is 0. The SMILES string of the molecule is C=C=C(C)COCCO. The second-order valence-corrected chi connectivity index (χ2v) is 1.73. The molecule has 0 aromatic carbocycles. The first-order valence-corrected chi connectivity index (χ1v) is 2.85. The number of hydrogen-bond donors (Lipinski definition) is 1. The minimum atomic E-state index is 0.0738. The highest BCUT2D eigenvalue weighted by Gasteiger charge is 1.85. The first-order chi connectivity index (χ1) is 4.31. The van der Waals surface area contributed by atoms with E-state index in [-0.39, 0.29) is 6.61 Å². The molecule has 0 aliphatic rings. The topological polar surface area (TPSA) is 29.5 Å². The van der Waals surface area contributed by atoms with Gasteiger partial charge in [-0.1, -0.05) is 6.58 Å². The maximum absolute atomic E-state index is 8.28. The average molecular weight is 128 g/mol. The molecular weight excluding hydrogens is 116 g/mol. The zero-order valence-corrected chi connectivity index (χ0v) is 5.68. The summed E-state index contributed by atoms with van der Waals surface area (Å²) < 4.78 is 4.95. The van der Waals surface area contributed by atoms with Crippen molar-refractivity contribution in [3.05, 3.63) is 17.9 Å². The zero-order chi connectivity index (χ0) is 7.11. The van der Waals surface area contributed by atoms with Gasteiger partial charge in [0.15, 0.2) is 0 Å². The van der Waals surface area contributed by atoms with Crippen molar-refractivity contribution in [1.29, 1.82) is 0 Å². The van der Waals surface area contributed by atoms with E-state index in [2.05, 4.69) is 12.3 Å². The van der Waals surface area contributed by atoms with Gasteiger partial charge in [0, 0.05) is 0 Å². The molecule has 0 unspecified atom stereocenters. The molecule has 1 N–H and O–H groups in total. The molecule has 0 aliphatic carbocycles. The lowest BCUT2D eigenvalue weighted by atomic mass is 10.4. The molecule has 0 saturated carbocycles.